The van der Waals surface area contributed by atoms with Crippen molar-refractivity contribution in [3.8, 4) is 0 Å². The Balaban J connectivity index is 1.66. The van der Waals surface area contributed by atoms with Crippen LogP contribution in [0.1, 0.15) is 106 Å². The molecule has 1 N–H and O–H groups in total. The molecule has 0 aromatic carbocycles. The van der Waals surface area contributed by atoms with Crippen LogP contribution in [0.25, 0.3) is 0 Å². The average Bonchev–Trinajstić information content (AvgIpc) is 3.04. The van der Waals surface area contributed by atoms with Crippen LogP contribution < -0.4 is 0 Å². The van der Waals surface area contributed by atoms with Crippen LogP contribution in [0.2, 0.25) is 0 Å². The van der Waals surface area contributed by atoms with Gasteiger partial charge in [-0.3, -0.25) is 9.59 Å². The summed E-state index contributed by atoms with van der Waals surface area (Å²) in [4.78, 5) is 37.8. The molecule has 2 saturated carbocycles. The first-order chi connectivity index (χ1) is 15.7. The molecule has 0 aromatic rings. The van der Waals surface area contributed by atoms with Crippen molar-refractivity contribution in [2.75, 3.05) is 0 Å². The number of aliphatic carboxylic acids is 1. The zero-order valence-corrected chi connectivity index (χ0v) is 22.3. The average molecular weight is 469 g/mol. The van der Waals surface area contributed by atoms with Gasteiger partial charge in [-0.15, -0.1) is 0 Å². The standard InChI is InChI=1S/C30H44O4/c1-18(9-8-10-19(2)26(33)34)20-11-16-30(7)25-21(12-15-29(20,30)6)28(5)14-13-24(32)27(3,4)23(28)17-22(25)31/h10,18,20,23H,8-9,11-17H2,1-7H3,(H,33,34)/b19-10-/t18-,20-,23+,28+,29-,30+/m0/s1. The topological polar surface area (TPSA) is 71.4 Å². The molecule has 0 radical (unpaired) electrons. The van der Waals surface area contributed by atoms with E-state index in [4.69, 9.17) is 5.11 Å². The van der Waals surface area contributed by atoms with Crippen LogP contribution in [-0.2, 0) is 14.4 Å². The third-order valence-corrected chi connectivity index (χ3v) is 11.5. The van der Waals surface area contributed by atoms with E-state index in [0.717, 1.165) is 50.5 Å². The molecule has 4 nitrogen and oxygen atoms in total. The molecule has 0 aliphatic heterocycles. The summed E-state index contributed by atoms with van der Waals surface area (Å²) in [6.07, 6.45) is 9.91. The van der Waals surface area contributed by atoms with Crippen molar-refractivity contribution >= 4 is 17.5 Å². The Morgan fingerprint density at radius 1 is 1.09 bits per heavy atom. The Bertz CT molecular complexity index is 984. The first kappa shape index (κ1) is 25.4. The minimum absolute atomic E-state index is 0.0478. The Morgan fingerprint density at radius 3 is 2.41 bits per heavy atom. The van der Waals surface area contributed by atoms with Crippen molar-refractivity contribution in [3.63, 3.8) is 0 Å². The summed E-state index contributed by atoms with van der Waals surface area (Å²) in [7, 11) is 0. The smallest absolute Gasteiger partial charge is 0.330 e. The van der Waals surface area contributed by atoms with E-state index in [2.05, 4.69) is 41.5 Å². The van der Waals surface area contributed by atoms with Crippen LogP contribution in [0.4, 0.5) is 0 Å². The van der Waals surface area contributed by atoms with Gasteiger partial charge in [-0.2, -0.15) is 0 Å². The molecule has 0 saturated heterocycles. The van der Waals surface area contributed by atoms with Gasteiger partial charge in [0.1, 0.15) is 5.78 Å². The lowest BCUT2D eigenvalue weighted by molar-refractivity contribution is -0.142. The molecule has 188 valence electrons. The van der Waals surface area contributed by atoms with Gasteiger partial charge < -0.3 is 5.11 Å². The number of ketones is 2. The predicted molar refractivity (Wildman–Crippen MR) is 134 cm³/mol. The SMILES string of the molecule is C/C(=C/CC[C@H](C)[C@@H]1CC[C@]2(C)C3=C(CC[C@@]12C)[C@@]1(C)CCC(=O)C(C)(C)[C@H]1CC3=O)C(=O)O. The van der Waals surface area contributed by atoms with Gasteiger partial charge in [0.2, 0.25) is 0 Å². The summed E-state index contributed by atoms with van der Waals surface area (Å²) >= 11 is 0. The maximum Gasteiger partial charge on any atom is 0.330 e. The van der Waals surface area contributed by atoms with Gasteiger partial charge in [-0.05, 0) is 80.5 Å². The molecule has 0 bridgehead atoms. The van der Waals surface area contributed by atoms with Gasteiger partial charge >= 0.3 is 5.97 Å². The second kappa shape index (κ2) is 8.17. The van der Waals surface area contributed by atoms with Crippen LogP contribution in [-0.4, -0.2) is 22.6 Å². The highest BCUT2D eigenvalue weighted by Gasteiger charge is 2.65. The molecular weight excluding hydrogens is 424 g/mol. The quantitative estimate of drug-likeness (QED) is 0.444. The molecule has 0 unspecified atom stereocenters. The predicted octanol–water partition coefficient (Wildman–Crippen LogP) is 6.93. The normalized spacial score (nSPS) is 40.5. The van der Waals surface area contributed by atoms with E-state index in [1.807, 2.05) is 6.08 Å². The summed E-state index contributed by atoms with van der Waals surface area (Å²) in [5, 5.41) is 9.15. The first-order valence-corrected chi connectivity index (χ1v) is 13.4. The van der Waals surface area contributed by atoms with Gasteiger partial charge in [-0.1, -0.05) is 53.2 Å². The number of hydrogen-bond acceptors (Lipinski definition) is 3. The minimum atomic E-state index is -0.838. The van der Waals surface area contributed by atoms with E-state index in [1.165, 1.54) is 5.57 Å². The van der Waals surface area contributed by atoms with E-state index in [-0.39, 0.29) is 22.2 Å². The molecule has 0 amide bonds. The lowest BCUT2D eigenvalue weighted by Gasteiger charge is -2.60. The fraction of sp³-hybridized carbons (Fsp3) is 0.767. The van der Waals surface area contributed by atoms with E-state index in [0.29, 0.717) is 41.8 Å². The van der Waals surface area contributed by atoms with Crippen molar-refractivity contribution in [2.45, 2.75) is 106 Å². The zero-order valence-electron chi connectivity index (χ0n) is 22.3. The van der Waals surface area contributed by atoms with Crippen LogP contribution >= 0.6 is 0 Å². The van der Waals surface area contributed by atoms with Gasteiger partial charge in [0.15, 0.2) is 5.78 Å². The molecule has 34 heavy (non-hydrogen) atoms. The Labute approximate surface area is 205 Å². The summed E-state index contributed by atoms with van der Waals surface area (Å²) in [6, 6.07) is 0. The van der Waals surface area contributed by atoms with Gasteiger partial charge in [0, 0.05) is 34.8 Å². The van der Waals surface area contributed by atoms with Gasteiger partial charge in [-0.25, -0.2) is 4.79 Å². The fourth-order valence-corrected chi connectivity index (χ4v) is 8.97. The van der Waals surface area contributed by atoms with E-state index in [1.54, 1.807) is 6.92 Å². The maximum atomic E-state index is 13.9. The zero-order chi connectivity index (χ0) is 25.3. The van der Waals surface area contributed by atoms with Crippen LogP contribution in [0.5, 0.6) is 0 Å². The Hall–Kier alpha value is -1.71. The molecule has 6 atom stereocenters. The van der Waals surface area contributed by atoms with E-state index < -0.39 is 11.4 Å². The van der Waals surface area contributed by atoms with Crippen LogP contribution in [0, 0.1) is 39.4 Å². The lowest BCUT2D eigenvalue weighted by atomic mass is 9.43. The number of carbonyl (C=O) groups excluding carboxylic acids is 2. The number of fused-ring (bicyclic) bond motifs is 4. The van der Waals surface area contributed by atoms with Crippen molar-refractivity contribution in [1.29, 1.82) is 0 Å². The molecule has 4 rings (SSSR count). The van der Waals surface area contributed by atoms with Crippen molar-refractivity contribution in [2.24, 2.45) is 39.4 Å². The highest BCUT2D eigenvalue weighted by Crippen LogP contribution is 2.71. The van der Waals surface area contributed by atoms with Crippen LogP contribution in [0.15, 0.2) is 22.8 Å². The maximum absolute atomic E-state index is 13.9. The number of carboxylic acid groups (broad SMARTS) is 1. The molecule has 0 heterocycles. The lowest BCUT2D eigenvalue weighted by Crippen LogP contribution is -2.56. The van der Waals surface area contributed by atoms with E-state index in [9.17, 15) is 14.4 Å². The highest BCUT2D eigenvalue weighted by molar-refractivity contribution is 6.00. The summed E-state index contributed by atoms with van der Waals surface area (Å²) in [5.74, 6) is 0.923. The van der Waals surface area contributed by atoms with Crippen LogP contribution in [0.3, 0.4) is 0 Å². The third-order valence-electron chi connectivity index (χ3n) is 11.5. The largest absolute Gasteiger partial charge is 0.478 e. The monoisotopic (exact) mass is 468 g/mol. The number of hydrogen-bond donors (Lipinski definition) is 1. The first-order valence-electron chi connectivity index (χ1n) is 13.4. The molecule has 4 aliphatic rings. The van der Waals surface area contributed by atoms with Gasteiger partial charge in [0.05, 0.1) is 0 Å². The van der Waals surface area contributed by atoms with E-state index >= 15 is 0 Å². The summed E-state index contributed by atoms with van der Waals surface area (Å²) in [5.41, 5.74) is 2.44. The van der Waals surface area contributed by atoms with Crippen molar-refractivity contribution in [3.05, 3.63) is 22.8 Å². The van der Waals surface area contributed by atoms with Crippen molar-refractivity contribution in [1.82, 2.24) is 0 Å². The van der Waals surface area contributed by atoms with Gasteiger partial charge in [0.25, 0.3) is 0 Å². The molecule has 2 fully saturated rings. The molecule has 0 aromatic heterocycles. The number of Topliss-reactive ketones (excluding diaryl/α,β-unsaturated/α-hetero) is 2. The molecule has 0 spiro atoms. The third kappa shape index (κ3) is 3.41. The Morgan fingerprint density at radius 2 is 1.76 bits per heavy atom. The van der Waals surface area contributed by atoms with Crippen molar-refractivity contribution < 1.29 is 19.5 Å². The Kier molecular flexibility index (Phi) is 6.10. The minimum Gasteiger partial charge on any atom is -0.478 e. The number of allylic oxidation sites excluding steroid dienone is 3. The second-order valence-corrected chi connectivity index (χ2v) is 13.2. The highest BCUT2D eigenvalue weighted by atomic mass is 16.4. The summed E-state index contributed by atoms with van der Waals surface area (Å²) in [6.45, 7) is 15.3. The summed E-state index contributed by atoms with van der Waals surface area (Å²) < 4.78 is 0. The fourth-order valence-electron chi connectivity index (χ4n) is 8.97. The molecular formula is C30H44O4. The number of rotatable bonds is 5. The second-order valence-electron chi connectivity index (χ2n) is 13.2. The molecule has 4 aliphatic carbocycles. The number of carboxylic acids is 1. The molecule has 4 heteroatoms. The number of carbonyl (C=O) groups is 3.